The van der Waals surface area contributed by atoms with E-state index in [4.69, 9.17) is 18.9 Å². The van der Waals surface area contributed by atoms with Gasteiger partial charge in [0.25, 0.3) is 0 Å². The highest BCUT2D eigenvalue weighted by Gasteiger charge is 2.36. The number of benzene rings is 1. The number of fused-ring (bicyclic) bond motifs is 1. The standard InChI is InChI=1S/C23H37NO7S/c1-5-7-13-30-19-9-10-21-20(14-19)18(15-23(3,4)31-21)17-32(26,27)24-11-8-12-28-16-22(25)29-6-2/h9-10,14,18,24H,5-8,11-13,15-17H2,1-4H3. The molecule has 32 heavy (non-hydrogen) atoms. The van der Waals surface area contributed by atoms with Crippen molar-refractivity contribution in [1.82, 2.24) is 4.72 Å². The summed E-state index contributed by atoms with van der Waals surface area (Å²) in [5, 5.41) is 0. The molecule has 0 bridgehead atoms. The molecule has 1 aliphatic heterocycles. The topological polar surface area (TPSA) is 100 Å². The fourth-order valence-corrected chi connectivity index (χ4v) is 5.04. The number of nitrogens with one attached hydrogen (secondary N) is 1. The Hall–Kier alpha value is -1.84. The monoisotopic (exact) mass is 471 g/mol. The van der Waals surface area contributed by atoms with Crippen molar-refractivity contribution in [2.24, 2.45) is 0 Å². The Morgan fingerprint density at radius 3 is 2.72 bits per heavy atom. The minimum atomic E-state index is -3.51. The third-order valence-corrected chi connectivity index (χ3v) is 6.53. The molecule has 1 N–H and O–H groups in total. The number of unbranched alkanes of at least 4 members (excludes halogenated alkanes) is 1. The first-order chi connectivity index (χ1) is 15.2. The normalized spacial score (nSPS) is 17.3. The lowest BCUT2D eigenvalue weighted by Crippen LogP contribution is -2.39. The zero-order chi connectivity index (χ0) is 23.6. The van der Waals surface area contributed by atoms with Crippen molar-refractivity contribution in [2.75, 3.05) is 38.7 Å². The fraction of sp³-hybridized carbons (Fsp3) is 0.696. The van der Waals surface area contributed by atoms with E-state index < -0.39 is 21.6 Å². The Morgan fingerprint density at radius 1 is 1.22 bits per heavy atom. The summed E-state index contributed by atoms with van der Waals surface area (Å²) in [4.78, 5) is 11.2. The lowest BCUT2D eigenvalue weighted by atomic mass is 9.85. The van der Waals surface area contributed by atoms with Gasteiger partial charge in [-0.1, -0.05) is 13.3 Å². The lowest BCUT2D eigenvalue weighted by Gasteiger charge is -2.37. The molecule has 0 aliphatic carbocycles. The highest BCUT2D eigenvalue weighted by atomic mass is 32.2. The first-order valence-electron chi connectivity index (χ1n) is 11.3. The zero-order valence-electron chi connectivity index (χ0n) is 19.6. The van der Waals surface area contributed by atoms with Gasteiger partial charge in [-0.3, -0.25) is 0 Å². The number of carbonyl (C=O) groups is 1. The molecule has 1 atom stereocenters. The third-order valence-electron chi connectivity index (χ3n) is 5.05. The van der Waals surface area contributed by atoms with E-state index in [0.29, 0.717) is 31.8 Å². The maximum absolute atomic E-state index is 12.7. The molecule has 1 aromatic carbocycles. The SMILES string of the molecule is CCCCOc1ccc2c(c1)C(CS(=O)(=O)NCCCOCC(=O)OCC)CC(C)(C)O2. The Kier molecular flexibility index (Phi) is 10.2. The zero-order valence-corrected chi connectivity index (χ0v) is 20.5. The smallest absolute Gasteiger partial charge is 0.332 e. The summed E-state index contributed by atoms with van der Waals surface area (Å²) in [6.07, 6.45) is 3.06. The molecule has 1 aromatic rings. The molecule has 0 fully saturated rings. The van der Waals surface area contributed by atoms with Crippen LogP contribution >= 0.6 is 0 Å². The quantitative estimate of drug-likeness (QED) is 0.328. The van der Waals surface area contributed by atoms with E-state index >= 15 is 0 Å². The first-order valence-corrected chi connectivity index (χ1v) is 13.0. The van der Waals surface area contributed by atoms with Gasteiger partial charge in [0.2, 0.25) is 10.0 Å². The van der Waals surface area contributed by atoms with Crippen LogP contribution in [0.5, 0.6) is 11.5 Å². The van der Waals surface area contributed by atoms with E-state index in [0.717, 1.165) is 24.2 Å². The van der Waals surface area contributed by atoms with Gasteiger partial charge in [-0.15, -0.1) is 0 Å². The minimum Gasteiger partial charge on any atom is -0.494 e. The average molecular weight is 472 g/mol. The number of ether oxygens (including phenoxy) is 4. The van der Waals surface area contributed by atoms with E-state index in [1.54, 1.807) is 6.92 Å². The van der Waals surface area contributed by atoms with E-state index in [2.05, 4.69) is 11.6 Å². The molecule has 0 radical (unpaired) electrons. The van der Waals surface area contributed by atoms with Crippen molar-refractivity contribution in [3.8, 4) is 11.5 Å². The minimum absolute atomic E-state index is 0.0329. The van der Waals surface area contributed by atoms with Crippen LogP contribution < -0.4 is 14.2 Å². The Labute approximate surface area is 192 Å². The highest BCUT2D eigenvalue weighted by molar-refractivity contribution is 7.89. The number of sulfonamides is 1. The summed E-state index contributed by atoms with van der Waals surface area (Å²) in [5.41, 5.74) is 0.403. The molecule has 9 heteroatoms. The van der Waals surface area contributed by atoms with Crippen molar-refractivity contribution >= 4 is 16.0 Å². The second kappa shape index (κ2) is 12.4. The van der Waals surface area contributed by atoms with Gasteiger partial charge in [0, 0.05) is 24.6 Å². The Morgan fingerprint density at radius 2 is 2.00 bits per heavy atom. The molecular weight excluding hydrogens is 434 g/mol. The van der Waals surface area contributed by atoms with Crippen LogP contribution in [0, 0.1) is 0 Å². The molecule has 2 rings (SSSR count). The van der Waals surface area contributed by atoms with Crippen molar-refractivity contribution < 1.29 is 32.2 Å². The maximum Gasteiger partial charge on any atom is 0.332 e. The van der Waals surface area contributed by atoms with Crippen LogP contribution in [0.25, 0.3) is 0 Å². The summed E-state index contributed by atoms with van der Waals surface area (Å²) in [5.74, 6) is 0.772. The van der Waals surface area contributed by atoms with E-state index in [1.165, 1.54) is 0 Å². The fourth-order valence-electron chi connectivity index (χ4n) is 3.64. The maximum atomic E-state index is 12.7. The van der Waals surface area contributed by atoms with Crippen LogP contribution in [-0.2, 0) is 24.3 Å². The molecular formula is C23H37NO7S. The summed E-state index contributed by atoms with van der Waals surface area (Å²) in [7, 11) is -3.51. The summed E-state index contributed by atoms with van der Waals surface area (Å²) >= 11 is 0. The molecule has 0 saturated carbocycles. The van der Waals surface area contributed by atoms with Gasteiger partial charge in [0.05, 0.1) is 19.0 Å². The average Bonchev–Trinajstić information content (AvgIpc) is 2.70. The van der Waals surface area contributed by atoms with Gasteiger partial charge in [0.1, 0.15) is 23.7 Å². The third kappa shape index (κ3) is 8.96. The molecule has 8 nitrogen and oxygen atoms in total. The number of hydrogen-bond donors (Lipinski definition) is 1. The largest absolute Gasteiger partial charge is 0.494 e. The van der Waals surface area contributed by atoms with Gasteiger partial charge in [-0.05, 0) is 58.2 Å². The van der Waals surface area contributed by atoms with Crippen molar-refractivity contribution in [1.29, 1.82) is 0 Å². The first kappa shape index (κ1) is 26.4. The van der Waals surface area contributed by atoms with Gasteiger partial charge >= 0.3 is 5.97 Å². The van der Waals surface area contributed by atoms with Crippen LogP contribution in [0.3, 0.4) is 0 Å². The summed E-state index contributed by atoms with van der Waals surface area (Å²) in [6.45, 7) is 9.09. The van der Waals surface area contributed by atoms with Gasteiger partial charge in [-0.2, -0.15) is 0 Å². The van der Waals surface area contributed by atoms with Crippen LogP contribution in [0.4, 0.5) is 0 Å². The molecule has 0 aromatic heterocycles. The van der Waals surface area contributed by atoms with Crippen molar-refractivity contribution in [2.45, 2.75) is 64.9 Å². The van der Waals surface area contributed by atoms with Crippen LogP contribution in [-0.4, -0.2) is 58.7 Å². The molecule has 1 heterocycles. The Balaban J connectivity index is 1.93. The number of rotatable bonds is 14. The number of esters is 1. The molecule has 182 valence electrons. The predicted octanol–water partition coefficient (Wildman–Crippen LogP) is 3.40. The summed E-state index contributed by atoms with van der Waals surface area (Å²) in [6, 6.07) is 5.64. The Bertz CT molecular complexity index is 839. The second-order valence-corrected chi connectivity index (χ2v) is 10.4. The van der Waals surface area contributed by atoms with Crippen molar-refractivity contribution in [3.05, 3.63) is 23.8 Å². The van der Waals surface area contributed by atoms with E-state index in [-0.39, 0.29) is 31.4 Å². The summed E-state index contributed by atoms with van der Waals surface area (Å²) < 4.78 is 50.0. The molecule has 0 spiro atoms. The number of hydrogen-bond acceptors (Lipinski definition) is 7. The molecule has 0 amide bonds. The van der Waals surface area contributed by atoms with Crippen LogP contribution in [0.2, 0.25) is 0 Å². The van der Waals surface area contributed by atoms with E-state index in [1.807, 2.05) is 32.0 Å². The van der Waals surface area contributed by atoms with Gasteiger partial charge in [-0.25, -0.2) is 17.9 Å². The molecule has 1 unspecified atom stereocenters. The van der Waals surface area contributed by atoms with Crippen molar-refractivity contribution in [3.63, 3.8) is 0 Å². The lowest BCUT2D eigenvalue weighted by molar-refractivity contribution is -0.148. The predicted molar refractivity (Wildman–Crippen MR) is 123 cm³/mol. The van der Waals surface area contributed by atoms with Gasteiger partial charge in [0.15, 0.2) is 0 Å². The second-order valence-electron chi connectivity index (χ2n) is 8.55. The highest BCUT2D eigenvalue weighted by Crippen LogP contribution is 2.42. The molecule has 0 saturated heterocycles. The van der Waals surface area contributed by atoms with Gasteiger partial charge < -0.3 is 18.9 Å². The van der Waals surface area contributed by atoms with Crippen LogP contribution in [0.15, 0.2) is 18.2 Å². The van der Waals surface area contributed by atoms with E-state index in [9.17, 15) is 13.2 Å². The number of carbonyl (C=O) groups excluding carboxylic acids is 1. The molecule has 1 aliphatic rings. The van der Waals surface area contributed by atoms with Crippen LogP contribution in [0.1, 0.15) is 64.9 Å².